The molecule has 5 nitrogen and oxygen atoms in total. The summed E-state index contributed by atoms with van der Waals surface area (Å²) in [5.41, 5.74) is 2.10. The molecule has 1 aliphatic heterocycles. The van der Waals surface area contributed by atoms with Gasteiger partial charge in [0, 0.05) is 12.6 Å². The number of amides is 1. The molecule has 1 N–H and O–H groups in total. The van der Waals surface area contributed by atoms with Crippen molar-refractivity contribution < 1.29 is 19.4 Å². The number of benzene rings is 1. The molecule has 1 amide bonds. The van der Waals surface area contributed by atoms with Gasteiger partial charge in [-0.15, -0.1) is 0 Å². The molecule has 2 rings (SSSR count). The summed E-state index contributed by atoms with van der Waals surface area (Å²) < 4.78 is 5.08. The van der Waals surface area contributed by atoms with Crippen LogP contribution in [0.25, 0.3) is 6.08 Å². The Labute approximate surface area is 117 Å². The number of aliphatic carboxylic acids is 1. The number of morpholine rings is 1. The second-order valence-corrected chi connectivity index (χ2v) is 4.73. The summed E-state index contributed by atoms with van der Waals surface area (Å²) in [4.78, 5) is 24.3. The van der Waals surface area contributed by atoms with Crippen molar-refractivity contribution in [2.75, 3.05) is 19.7 Å². The van der Waals surface area contributed by atoms with Gasteiger partial charge in [0.25, 0.3) is 0 Å². The highest BCUT2D eigenvalue weighted by Gasteiger charge is 2.27. The predicted octanol–water partition coefficient (Wildman–Crippen LogP) is 1.32. The lowest BCUT2D eigenvalue weighted by molar-refractivity contribution is -0.158. The molecule has 1 aromatic rings. The van der Waals surface area contributed by atoms with Crippen LogP contribution in [0.3, 0.4) is 0 Å². The summed E-state index contributed by atoms with van der Waals surface area (Å²) in [6.45, 7) is 2.76. The zero-order valence-corrected chi connectivity index (χ0v) is 11.3. The highest BCUT2D eigenvalue weighted by Crippen LogP contribution is 2.09. The number of aryl methyl sites for hydroxylation is 1. The van der Waals surface area contributed by atoms with Crippen molar-refractivity contribution >= 4 is 18.0 Å². The van der Waals surface area contributed by atoms with Gasteiger partial charge >= 0.3 is 5.97 Å². The van der Waals surface area contributed by atoms with E-state index in [0.717, 1.165) is 11.1 Å². The van der Waals surface area contributed by atoms with Crippen molar-refractivity contribution in [2.24, 2.45) is 0 Å². The number of carbonyl (C=O) groups is 2. The Kier molecular flexibility index (Phi) is 4.53. The smallest absolute Gasteiger partial charge is 0.334 e. The Hall–Kier alpha value is -2.14. The summed E-state index contributed by atoms with van der Waals surface area (Å²) >= 11 is 0. The molecule has 1 atom stereocenters. The van der Waals surface area contributed by atoms with Crippen molar-refractivity contribution in [1.29, 1.82) is 0 Å². The van der Waals surface area contributed by atoms with Gasteiger partial charge in [0.2, 0.25) is 5.91 Å². The Morgan fingerprint density at radius 1 is 1.35 bits per heavy atom. The molecular weight excluding hydrogens is 258 g/mol. The minimum absolute atomic E-state index is 0.0897. The van der Waals surface area contributed by atoms with Gasteiger partial charge in [0.1, 0.15) is 0 Å². The third kappa shape index (κ3) is 3.68. The van der Waals surface area contributed by atoms with Gasteiger partial charge in [-0.1, -0.05) is 29.8 Å². The summed E-state index contributed by atoms with van der Waals surface area (Å²) in [6, 6.07) is 7.80. The van der Waals surface area contributed by atoms with Crippen molar-refractivity contribution in [3.8, 4) is 0 Å². The summed E-state index contributed by atoms with van der Waals surface area (Å²) in [6.07, 6.45) is 2.27. The number of carboxylic acid groups (broad SMARTS) is 1. The van der Waals surface area contributed by atoms with Gasteiger partial charge in [-0.2, -0.15) is 0 Å². The lowest BCUT2D eigenvalue weighted by atomic mass is 10.1. The molecule has 20 heavy (non-hydrogen) atoms. The maximum atomic E-state index is 12.0. The van der Waals surface area contributed by atoms with Crippen LogP contribution in [0.5, 0.6) is 0 Å². The highest BCUT2D eigenvalue weighted by molar-refractivity contribution is 5.92. The molecule has 0 aliphatic carbocycles. The van der Waals surface area contributed by atoms with E-state index in [-0.39, 0.29) is 19.1 Å². The van der Waals surface area contributed by atoms with Crippen LogP contribution in [0.4, 0.5) is 0 Å². The van der Waals surface area contributed by atoms with E-state index >= 15 is 0 Å². The average molecular weight is 275 g/mol. The van der Waals surface area contributed by atoms with Gasteiger partial charge < -0.3 is 14.7 Å². The molecular formula is C15H17NO4. The number of carbonyl (C=O) groups excluding carboxylic acids is 1. The number of ether oxygens (including phenoxy) is 1. The number of hydrogen-bond acceptors (Lipinski definition) is 3. The Balaban J connectivity index is 1.97. The van der Waals surface area contributed by atoms with E-state index in [1.54, 1.807) is 6.08 Å². The van der Waals surface area contributed by atoms with Crippen LogP contribution in [0.2, 0.25) is 0 Å². The molecule has 5 heteroatoms. The molecule has 0 aromatic heterocycles. The summed E-state index contributed by atoms with van der Waals surface area (Å²) in [5, 5.41) is 8.89. The van der Waals surface area contributed by atoms with E-state index < -0.39 is 12.1 Å². The topological polar surface area (TPSA) is 66.8 Å². The molecule has 1 fully saturated rings. The van der Waals surface area contributed by atoms with Gasteiger partial charge in [0.15, 0.2) is 6.10 Å². The first-order valence-corrected chi connectivity index (χ1v) is 6.44. The van der Waals surface area contributed by atoms with Crippen LogP contribution < -0.4 is 0 Å². The normalized spacial score (nSPS) is 19.2. The lowest BCUT2D eigenvalue weighted by Crippen LogP contribution is -2.48. The number of hydrogen-bond donors (Lipinski definition) is 1. The maximum Gasteiger partial charge on any atom is 0.334 e. The molecule has 0 unspecified atom stereocenters. The summed E-state index contributed by atoms with van der Waals surface area (Å²) in [7, 11) is 0. The van der Waals surface area contributed by atoms with Crippen LogP contribution in [0, 0.1) is 6.92 Å². The fraction of sp³-hybridized carbons (Fsp3) is 0.333. The van der Waals surface area contributed by atoms with Crippen LogP contribution in [-0.4, -0.2) is 47.7 Å². The maximum absolute atomic E-state index is 12.0. The quantitative estimate of drug-likeness (QED) is 0.845. The predicted molar refractivity (Wildman–Crippen MR) is 74.2 cm³/mol. The van der Waals surface area contributed by atoms with E-state index in [9.17, 15) is 9.59 Å². The van der Waals surface area contributed by atoms with Crippen molar-refractivity contribution in [3.05, 3.63) is 41.5 Å². The molecule has 1 heterocycles. The molecule has 0 radical (unpaired) electrons. The van der Waals surface area contributed by atoms with E-state index in [4.69, 9.17) is 9.84 Å². The number of nitrogens with zero attached hydrogens (tertiary/aromatic N) is 1. The van der Waals surface area contributed by atoms with Gasteiger partial charge in [-0.05, 0) is 18.6 Å². The molecule has 0 spiro atoms. The molecule has 1 aromatic carbocycles. The Morgan fingerprint density at radius 2 is 2.05 bits per heavy atom. The third-order valence-electron chi connectivity index (χ3n) is 3.15. The minimum atomic E-state index is -1.04. The first-order chi connectivity index (χ1) is 9.56. The van der Waals surface area contributed by atoms with Crippen LogP contribution in [0.1, 0.15) is 11.1 Å². The third-order valence-corrected chi connectivity index (χ3v) is 3.15. The molecule has 0 bridgehead atoms. The fourth-order valence-corrected chi connectivity index (χ4v) is 1.95. The molecule has 1 saturated heterocycles. The molecule has 1 aliphatic rings. The first kappa shape index (κ1) is 14.3. The van der Waals surface area contributed by atoms with E-state index in [1.807, 2.05) is 31.2 Å². The standard InChI is InChI=1S/C15H17NO4/c1-11-2-4-12(5-3-11)6-7-14(17)16-8-9-20-13(10-16)15(18)19/h2-7,13H,8-10H2,1H3,(H,18,19)/b7-6-/t13-/m1/s1. The largest absolute Gasteiger partial charge is 0.479 e. The minimum Gasteiger partial charge on any atom is -0.479 e. The molecule has 0 saturated carbocycles. The number of rotatable bonds is 3. The second kappa shape index (κ2) is 6.34. The monoisotopic (exact) mass is 275 g/mol. The Morgan fingerprint density at radius 3 is 2.70 bits per heavy atom. The van der Waals surface area contributed by atoms with Gasteiger partial charge in [-0.25, -0.2) is 4.79 Å². The average Bonchev–Trinajstić information content (AvgIpc) is 2.46. The summed E-state index contributed by atoms with van der Waals surface area (Å²) in [5.74, 6) is -1.23. The van der Waals surface area contributed by atoms with Gasteiger partial charge in [-0.3, -0.25) is 4.79 Å². The zero-order chi connectivity index (χ0) is 14.5. The van der Waals surface area contributed by atoms with Crippen LogP contribution >= 0.6 is 0 Å². The van der Waals surface area contributed by atoms with E-state index in [1.165, 1.54) is 11.0 Å². The van der Waals surface area contributed by atoms with Crippen molar-refractivity contribution in [1.82, 2.24) is 4.90 Å². The molecule has 106 valence electrons. The number of carboxylic acids is 1. The first-order valence-electron chi connectivity index (χ1n) is 6.44. The Bertz CT molecular complexity index is 521. The highest BCUT2D eigenvalue weighted by atomic mass is 16.5. The van der Waals surface area contributed by atoms with Gasteiger partial charge in [0.05, 0.1) is 13.2 Å². The van der Waals surface area contributed by atoms with E-state index in [2.05, 4.69) is 0 Å². The second-order valence-electron chi connectivity index (χ2n) is 4.73. The van der Waals surface area contributed by atoms with Crippen LogP contribution in [-0.2, 0) is 14.3 Å². The van der Waals surface area contributed by atoms with E-state index in [0.29, 0.717) is 6.54 Å². The lowest BCUT2D eigenvalue weighted by Gasteiger charge is -2.30. The SMILES string of the molecule is Cc1ccc(/C=C\C(=O)N2CCO[C@@H](C(=O)O)C2)cc1. The zero-order valence-electron chi connectivity index (χ0n) is 11.3. The van der Waals surface area contributed by atoms with Crippen molar-refractivity contribution in [3.63, 3.8) is 0 Å². The van der Waals surface area contributed by atoms with Crippen LogP contribution in [0.15, 0.2) is 30.3 Å². The van der Waals surface area contributed by atoms with Crippen molar-refractivity contribution in [2.45, 2.75) is 13.0 Å². The fourth-order valence-electron chi connectivity index (χ4n) is 1.95.